The Morgan fingerprint density at radius 2 is 2.00 bits per heavy atom. The Hall–Kier alpha value is -0.540. The quantitative estimate of drug-likeness (QED) is 0.438. The Balaban J connectivity index is 2.43. The van der Waals surface area contributed by atoms with E-state index in [0.717, 1.165) is 5.57 Å². The van der Waals surface area contributed by atoms with Gasteiger partial charge in [-0.15, -0.1) is 0 Å². The number of ether oxygens (including phenoxy) is 1. The highest BCUT2D eigenvalue weighted by molar-refractivity contribution is 5.36. The molecule has 0 bridgehead atoms. The second-order valence-corrected chi connectivity index (χ2v) is 1.91. The molecule has 0 amide bonds. The molecule has 1 rings (SSSR count). The molecule has 0 aromatic carbocycles. The summed E-state index contributed by atoms with van der Waals surface area (Å²) in [4.78, 5) is 0. The molecular formula is C5H10N2O. The predicted molar refractivity (Wildman–Crippen MR) is 31.0 cm³/mol. The van der Waals surface area contributed by atoms with Crippen molar-refractivity contribution in [3.05, 3.63) is 11.8 Å². The van der Waals surface area contributed by atoms with E-state index in [1.165, 1.54) is 0 Å². The van der Waals surface area contributed by atoms with Crippen molar-refractivity contribution in [3.63, 3.8) is 0 Å². The van der Waals surface area contributed by atoms with Gasteiger partial charge in [0, 0.05) is 17.7 Å². The van der Waals surface area contributed by atoms with Gasteiger partial charge in [-0.3, -0.25) is 0 Å². The van der Waals surface area contributed by atoms with Gasteiger partial charge in [0.05, 0.1) is 13.4 Å². The topological polar surface area (TPSA) is 61.3 Å². The van der Waals surface area contributed by atoms with E-state index < -0.39 is 0 Å². The molecule has 0 aromatic rings. The first-order valence-electron chi connectivity index (χ1n) is 2.51. The van der Waals surface area contributed by atoms with Crippen LogP contribution in [0.3, 0.4) is 0 Å². The normalized spacial score (nSPS) is 34.6. The van der Waals surface area contributed by atoms with Gasteiger partial charge in [-0.25, -0.2) is 0 Å². The first kappa shape index (κ1) is 5.59. The summed E-state index contributed by atoms with van der Waals surface area (Å²) in [5.41, 5.74) is 11.9. The van der Waals surface area contributed by atoms with Gasteiger partial charge >= 0.3 is 0 Å². The van der Waals surface area contributed by atoms with Crippen molar-refractivity contribution in [1.82, 2.24) is 0 Å². The summed E-state index contributed by atoms with van der Waals surface area (Å²) in [6, 6.07) is 0.102. The molecule has 8 heavy (non-hydrogen) atoms. The van der Waals surface area contributed by atoms with E-state index in [2.05, 4.69) is 4.74 Å². The maximum absolute atomic E-state index is 5.42. The largest absolute Gasteiger partial charge is 0.504 e. The molecule has 2 atom stereocenters. The molecular weight excluding hydrogens is 104 g/mol. The molecule has 3 nitrogen and oxygen atoms in total. The van der Waals surface area contributed by atoms with Gasteiger partial charge in [0.1, 0.15) is 0 Å². The second kappa shape index (κ2) is 1.76. The minimum Gasteiger partial charge on any atom is -0.504 e. The zero-order valence-corrected chi connectivity index (χ0v) is 4.79. The van der Waals surface area contributed by atoms with Gasteiger partial charge in [0.2, 0.25) is 0 Å². The van der Waals surface area contributed by atoms with E-state index in [1.807, 2.05) is 0 Å². The molecule has 2 unspecified atom stereocenters. The van der Waals surface area contributed by atoms with E-state index in [1.54, 1.807) is 13.4 Å². The van der Waals surface area contributed by atoms with Gasteiger partial charge in [-0.05, 0) is 0 Å². The van der Waals surface area contributed by atoms with E-state index in [0.29, 0.717) is 0 Å². The van der Waals surface area contributed by atoms with Crippen LogP contribution in [0.25, 0.3) is 0 Å². The summed E-state index contributed by atoms with van der Waals surface area (Å²) in [6.45, 7) is 0. The lowest BCUT2D eigenvalue weighted by molar-refractivity contribution is 0.336. The molecule has 46 valence electrons. The van der Waals surface area contributed by atoms with Crippen molar-refractivity contribution in [2.24, 2.45) is 11.5 Å². The van der Waals surface area contributed by atoms with Crippen LogP contribution in [-0.4, -0.2) is 19.2 Å². The Morgan fingerprint density at radius 1 is 1.50 bits per heavy atom. The van der Waals surface area contributed by atoms with Crippen molar-refractivity contribution in [2.75, 3.05) is 7.11 Å². The van der Waals surface area contributed by atoms with Crippen molar-refractivity contribution >= 4 is 0 Å². The van der Waals surface area contributed by atoms with Crippen LogP contribution in [0.2, 0.25) is 0 Å². The van der Waals surface area contributed by atoms with Crippen LogP contribution in [-0.2, 0) is 4.74 Å². The molecule has 4 N–H and O–H groups in total. The maximum atomic E-state index is 5.42. The third-order valence-corrected chi connectivity index (χ3v) is 1.30. The Labute approximate surface area is 48.3 Å². The lowest BCUT2D eigenvalue weighted by Gasteiger charge is -1.80. The van der Waals surface area contributed by atoms with Crippen molar-refractivity contribution < 1.29 is 4.74 Å². The molecule has 1 saturated carbocycles. The van der Waals surface area contributed by atoms with Crippen LogP contribution in [0.4, 0.5) is 0 Å². The molecule has 0 aromatic heterocycles. The van der Waals surface area contributed by atoms with E-state index in [-0.39, 0.29) is 12.1 Å². The Kier molecular flexibility index (Phi) is 1.23. The summed E-state index contributed by atoms with van der Waals surface area (Å²) < 4.78 is 4.68. The molecule has 0 saturated heterocycles. The van der Waals surface area contributed by atoms with Gasteiger partial charge < -0.3 is 16.2 Å². The highest BCUT2D eigenvalue weighted by Crippen LogP contribution is 2.24. The minimum atomic E-state index is 0.0509. The first-order chi connectivity index (χ1) is 3.77. The number of hydrogen-bond donors (Lipinski definition) is 2. The maximum Gasteiger partial charge on any atom is 0.0849 e. The molecule has 0 radical (unpaired) electrons. The lowest BCUT2D eigenvalue weighted by atomic mass is 10.6. The summed E-state index contributed by atoms with van der Waals surface area (Å²) in [5, 5.41) is 0. The van der Waals surface area contributed by atoms with Crippen LogP contribution < -0.4 is 11.5 Å². The molecule has 0 spiro atoms. The van der Waals surface area contributed by atoms with Gasteiger partial charge in [-0.1, -0.05) is 0 Å². The number of nitrogens with two attached hydrogens (primary N) is 2. The van der Waals surface area contributed by atoms with Gasteiger partial charge in [0.15, 0.2) is 0 Å². The monoisotopic (exact) mass is 114 g/mol. The van der Waals surface area contributed by atoms with Crippen LogP contribution in [0.1, 0.15) is 0 Å². The van der Waals surface area contributed by atoms with Crippen molar-refractivity contribution in [2.45, 2.75) is 12.1 Å². The van der Waals surface area contributed by atoms with Crippen LogP contribution in [0, 0.1) is 0 Å². The summed E-state index contributed by atoms with van der Waals surface area (Å²) in [7, 11) is 1.59. The second-order valence-electron chi connectivity index (χ2n) is 1.91. The third kappa shape index (κ3) is 0.700. The molecule has 0 heterocycles. The van der Waals surface area contributed by atoms with Crippen LogP contribution in [0.5, 0.6) is 0 Å². The summed E-state index contributed by atoms with van der Waals surface area (Å²) in [5.74, 6) is 0. The lowest BCUT2D eigenvalue weighted by Crippen LogP contribution is -2.12. The van der Waals surface area contributed by atoms with Gasteiger partial charge in [-0.2, -0.15) is 0 Å². The van der Waals surface area contributed by atoms with Crippen LogP contribution in [0.15, 0.2) is 11.8 Å². The van der Waals surface area contributed by atoms with E-state index in [9.17, 15) is 0 Å². The fourth-order valence-corrected chi connectivity index (χ4v) is 0.619. The summed E-state index contributed by atoms with van der Waals surface area (Å²) >= 11 is 0. The first-order valence-corrected chi connectivity index (χ1v) is 2.51. The van der Waals surface area contributed by atoms with E-state index in [4.69, 9.17) is 11.5 Å². The van der Waals surface area contributed by atoms with Crippen molar-refractivity contribution in [1.29, 1.82) is 0 Å². The molecule has 0 aliphatic heterocycles. The Bertz CT molecular complexity index is 112. The SMILES string of the molecule is COC=C1C(N)C1N. The minimum absolute atomic E-state index is 0.0509. The Morgan fingerprint density at radius 3 is 2.12 bits per heavy atom. The highest BCUT2D eigenvalue weighted by Gasteiger charge is 2.37. The fourth-order valence-electron chi connectivity index (χ4n) is 0.619. The average Bonchev–Trinajstić information content (AvgIpc) is 2.25. The molecule has 1 aliphatic rings. The smallest absolute Gasteiger partial charge is 0.0849 e. The van der Waals surface area contributed by atoms with Crippen molar-refractivity contribution in [3.8, 4) is 0 Å². The number of rotatable bonds is 1. The molecule has 3 heteroatoms. The zero-order chi connectivity index (χ0) is 6.15. The third-order valence-electron chi connectivity index (χ3n) is 1.30. The molecule has 1 fully saturated rings. The van der Waals surface area contributed by atoms with Gasteiger partial charge in [0.25, 0.3) is 0 Å². The molecule has 1 aliphatic carbocycles. The zero-order valence-electron chi connectivity index (χ0n) is 4.79. The highest BCUT2D eigenvalue weighted by atomic mass is 16.5. The number of hydrogen-bond acceptors (Lipinski definition) is 3. The fraction of sp³-hybridized carbons (Fsp3) is 0.600. The standard InChI is InChI=1S/C5H10N2O/c1-8-2-3-4(6)5(3)7/h2,4-5H,6-7H2,1H3. The number of methoxy groups -OCH3 is 1. The van der Waals surface area contributed by atoms with E-state index >= 15 is 0 Å². The predicted octanol–water partition coefficient (Wildman–Crippen LogP) is -0.815. The average molecular weight is 114 g/mol. The van der Waals surface area contributed by atoms with Crippen LogP contribution >= 0.6 is 0 Å². The summed E-state index contributed by atoms with van der Waals surface area (Å²) in [6.07, 6.45) is 1.61.